The molecule has 0 bridgehead atoms. The first-order chi connectivity index (χ1) is 36.4. The Morgan fingerprint density at radius 3 is 1.47 bits per heavy atom. The van der Waals surface area contributed by atoms with E-state index in [0.717, 1.165) is 117 Å². The average Bonchev–Trinajstić information content (AvgIpc) is 4.22. The number of rotatable bonds is 16. The molecule has 3 N–H and O–H groups in total. The van der Waals surface area contributed by atoms with Gasteiger partial charge in [0.15, 0.2) is 0 Å². The lowest BCUT2D eigenvalue weighted by Gasteiger charge is -2.18. The van der Waals surface area contributed by atoms with Gasteiger partial charge in [0.25, 0.3) is 5.97 Å². The number of aromatic nitrogens is 6. The molecule has 0 fully saturated rings. The summed E-state index contributed by atoms with van der Waals surface area (Å²) in [5, 5.41) is 20.9. The number of carboxylic acid groups (broad SMARTS) is 1. The zero-order chi connectivity index (χ0) is 53.4. The van der Waals surface area contributed by atoms with E-state index >= 15 is 0 Å². The minimum absolute atomic E-state index is 0.101. The summed E-state index contributed by atoms with van der Waals surface area (Å²) < 4.78 is 66.6. The average molecular weight is 1060 g/mol. The van der Waals surface area contributed by atoms with Crippen LogP contribution in [0.4, 0.5) is 8.78 Å². The van der Waals surface area contributed by atoms with Gasteiger partial charge in [-0.2, -0.15) is 0 Å². The fourth-order valence-electron chi connectivity index (χ4n) is 8.88. The molecule has 0 saturated heterocycles. The van der Waals surface area contributed by atoms with E-state index < -0.39 is 16.8 Å². The van der Waals surface area contributed by atoms with Crippen LogP contribution in [0.1, 0.15) is 54.6 Å². The normalized spacial score (nSPS) is 14.5. The van der Waals surface area contributed by atoms with Crippen LogP contribution in [-0.4, -0.2) is 94.8 Å². The third-order valence-corrected chi connectivity index (χ3v) is 13.8. The maximum Gasteiger partial charge on any atom is 0.300 e. The molecule has 2 aliphatic heterocycles. The molecule has 15 nitrogen and oxygen atoms in total. The molecule has 0 spiro atoms. The molecule has 392 valence electrons. The number of pyridine rings is 2. The molecule has 0 aliphatic carbocycles. The van der Waals surface area contributed by atoms with E-state index in [1.54, 1.807) is 62.7 Å². The second-order valence-electron chi connectivity index (χ2n) is 17.3. The van der Waals surface area contributed by atoms with Crippen LogP contribution in [0.3, 0.4) is 0 Å². The first-order valence-corrected chi connectivity index (χ1v) is 26.6. The van der Waals surface area contributed by atoms with Gasteiger partial charge in [0.1, 0.15) is 39.8 Å². The molecule has 2 aliphatic rings. The van der Waals surface area contributed by atoms with Crippen molar-refractivity contribution in [2.45, 2.75) is 68.0 Å². The molecule has 3 atom stereocenters. The Labute approximate surface area is 440 Å². The molecule has 6 heterocycles. The highest BCUT2D eigenvalue weighted by Crippen LogP contribution is 2.42. The molecule has 19 heteroatoms. The molecule has 0 amide bonds. The number of hydrogen-bond donors (Lipinski definition) is 3. The van der Waals surface area contributed by atoms with Crippen molar-refractivity contribution in [1.29, 1.82) is 0 Å². The molecule has 0 radical (unpaired) electrons. The van der Waals surface area contributed by atoms with Gasteiger partial charge in [0, 0.05) is 60.7 Å². The number of thioether (sulfide) groups is 1. The van der Waals surface area contributed by atoms with E-state index in [0.29, 0.717) is 31.5 Å². The van der Waals surface area contributed by atoms with E-state index in [1.807, 2.05) is 79.2 Å². The number of carbonyl (C=O) groups is 1. The van der Waals surface area contributed by atoms with E-state index in [4.69, 9.17) is 49.3 Å². The highest BCUT2D eigenvalue weighted by Gasteiger charge is 2.32. The molecule has 4 aromatic carbocycles. The van der Waals surface area contributed by atoms with Crippen LogP contribution in [0.25, 0.3) is 45.0 Å². The number of aliphatic carboxylic acids is 1. The number of methoxy groups -OCH3 is 2. The van der Waals surface area contributed by atoms with Crippen LogP contribution >= 0.6 is 11.8 Å². The maximum atomic E-state index is 13.6. The van der Waals surface area contributed by atoms with Gasteiger partial charge in [-0.1, -0.05) is 24.3 Å². The smallest absolute Gasteiger partial charge is 0.300 e. The topological polar surface area (TPSA) is 193 Å². The van der Waals surface area contributed by atoms with Crippen LogP contribution in [0.5, 0.6) is 11.5 Å². The van der Waals surface area contributed by atoms with Crippen LogP contribution in [0.15, 0.2) is 144 Å². The summed E-state index contributed by atoms with van der Waals surface area (Å²) in [5.41, 5.74) is 9.44. The van der Waals surface area contributed by atoms with Gasteiger partial charge in [0.05, 0.1) is 91.3 Å². The summed E-state index contributed by atoms with van der Waals surface area (Å²) >= 11 is 1.61. The lowest BCUT2D eigenvalue weighted by atomic mass is 10.0. The quantitative estimate of drug-likeness (QED) is 0.0470. The second kappa shape index (κ2) is 26.9. The summed E-state index contributed by atoms with van der Waals surface area (Å²) in [6.45, 7) is 3.24. The van der Waals surface area contributed by atoms with Crippen molar-refractivity contribution < 1.29 is 52.4 Å². The number of carboxylic acids is 1. The fourth-order valence-corrected chi connectivity index (χ4v) is 9.80. The van der Waals surface area contributed by atoms with Crippen molar-refractivity contribution in [3.63, 3.8) is 0 Å². The van der Waals surface area contributed by atoms with Crippen molar-refractivity contribution >= 4 is 28.5 Å². The number of ether oxygens (including phenoxy) is 4. The number of benzene rings is 4. The van der Waals surface area contributed by atoms with Gasteiger partial charge in [-0.3, -0.25) is 19.5 Å². The second-order valence-corrected chi connectivity index (χ2v) is 19.4. The van der Waals surface area contributed by atoms with Crippen molar-refractivity contribution in [3.8, 4) is 56.5 Å². The van der Waals surface area contributed by atoms with E-state index in [2.05, 4.69) is 25.2 Å². The van der Waals surface area contributed by atoms with Gasteiger partial charge < -0.3 is 33.2 Å². The highest BCUT2D eigenvalue weighted by molar-refractivity contribution is 7.98. The Bertz CT molecular complexity index is 3150. The fraction of sp³-hybridized carbons (Fsp3) is 0.268. The number of halogens is 2. The number of nitrogens with zero attached hydrogens (tertiary/aromatic N) is 6. The van der Waals surface area contributed by atoms with Gasteiger partial charge in [-0.15, -0.1) is 11.8 Å². The molecule has 1 unspecified atom stereocenters. The van der Waals surface area contributed by atoms with Crippen molar-refractivity contribution in [3.05, 3.63) is 168 Å². The molecular weight excluding hydrogens is 1000 g/mol. The zero-order valence-electron chi connectivity index (χ0n) is 42.1. The molecule has 75 heavy (non-hydrogen) atoms. The number of imidazole rings is 2. The van der Waals surface area contributed by atoms with Gasteiger partial charge in [0.2, 0.25) is 0 Å². The summed E-state index contributed by atoms with van der Waals surface area (Å²) in [6.07, 6.45) is 10.7. The molecular formula is C56H58F2N6O9S2. The van der Waals surface area contributed by atoms with Gasteiger partial charge >= 0.3 is 0 Å². The molecule has 10 rings (SSSR count). The van der Waals surface area contributed by atoms with Crippen LogP contribution in [0.2, 0.25) is 0 Å². The Morgan fingerprint density at radius 2 is 1.07 bits per heavy atom. The van der Waals surface area contributed by atoms with Crippen LogP contribution in [-0.2, 0) is 51.1 Å². The summed E-state index contributed by atoms with van der Waals surface area (Å²) in [6, 6.07) is 36.9. The largest absolute Gasteiger partial charge is 0.497 e. The lowest BCUT2D eigenvalue weighted by Crippen LogP contribution is -2.13. The highest BCUT2D eigenvalue weighted by atomic mass is 32.2. The van der Waals surface area contributed by atoms with Crippen LogP contribution < -0.4 is 9.47 Å². The predicted molar refractivity (Wildman–Crippen MR) is 284 cm³/mol. The standard InChI is InChI=1S/C27H26FN3O3S.C27H26FN3O2S.C2H4O2.H2O2/c1-33-23-10-3-18(4-11-23)16-34-17-22-9-12-24-30-26(19-5-7-21(28)8-6-19)27(31(22)24)20-13-14-29-25(15-20)35(2)32;1-32-23-10-3-18(4-11-23)16-33-17-22-9-12-24-30-26(19-5-7-21(28)8-6-19)27(31(22)24)20-13-14-29-25(15-20)34-2;1-2(3)4;1-2/h3-8,10-11,13-15,22H,9,12,16-17H2,1-2H3;3-8,10-11,13-15,22H,9,12,16-17H2,1-2H3;1H3,(H,3,4);1-2H/t22-,35?;22-;;/m00../s1. The number of hydrogen-bond acceptors (Lipinski definition) is 13. The third-order valence-electron chi connectivity index (χ3n) is 12.3. The molecule has 4 aromatic heterocycles. The Morgan fingerprint density at radius 1 is 0.653 bits per heavy atom. The number of aryl methyl sites for hydroxylation is 2. The van der Waals surface area contributed by atoms with E-state index in [9.17, 15) is 13.0 Å². The van der Waals surface area contributed by atoms with Crippen molar-refractivity contribution in [1.82, 2.24) is 29.1 Å². The minimum Gasteiger partial charge on any atom is -0.497 e. The summed E-state index contributed by atoms with van der Waals surface area (Å²) in [7, 11) is 2.10. The minimum atomic E-state index is -1.21. The maximum absolute atomic E-state index is 13.6. The Kier molecular flexibility index (Phi) is 19.9. The van der Waals surface area contributed by atoms with E-state index in [-0.39, 0.29) is 23.7 Å². The Hall–Kier alpha value is -7.13. The van der Waals surface area contributed by atoms with Crippen molar-refractivity contribution in [2.24, 2.45) is 0 Å². The first kappa shape index (κ1) is 55.6. The first-order valence-electron chi connectivity index (χ1n) is 23.8. The van der Waals surface area contributed by atoms with Crippen LogP contribution in [0, 0.1) is 11.6 Å². The molecule has 0 saturated carbocycles. The van der Waals surface area contributed by atoms with Crippen molar-refractivity contribution in [2.75, 3.05) is 39.9 Å². The third kappa shape index (κ3) is 14.2. The Balaban J connectivity index is 0.000000198. The van der Waals surface area contributed by atoms with E-state index in [1.165, 1.54) is 24.3 Å². The monoisotopic (exact) mass is 1060 g/mol. The number of fused-ring (bicyclic) bond motifs is 2. The summed E-state index contributed by atoms with van der Waals surface area (Å²) in [5.74, 6) is 2.27. The summed E-state index contributed by atoms with van der Waals surface area (Å²) in [4.78, 5) is 27.7. The van der Waals surface area contributed by atoms with Gasteiger partial charge in [-0.25, -0.2) is 28.7 Å². The molecule has 8 aromatic rings. The lowest BCUT2D eigenvalue weighted by molar-refractivity contribution is -0.176. The SMILES string of the molecule is CC(=O)O.COc1ccc(COC[C@@H]2CCc3nc(-c4ccc(F)cc4)c(-c4ccnc(S(C)=O)c4)n32)cc1.COc1ccc(COC[C@@H]2CCc3nc(-c4ccc(F)cc4)c(-c4ccnc(SC)c4)n32)cc1.OO. The predicted octanol–water partition coefficient (Wildman–Crippen LogP) is 11.5. The zero-order valence-corrected chi connectivity index (χ0v) is 43.7. The van der Waals surface area contributed by atoms with Gasteiger partial charge in [-0.05, 0) is 127 Å².